The van der Waals surface area contributed by atoms with Gasteiger partial charge in [0.2, 0.25) is 5.91 Å². The van der Waals surface area contributed by atoms with Crippen molar-refractivity contribution in [1.29, 1.82) is 0 Å². The van der Waals surface area contributed by atoms with Gasteiger partial charge in [0.15, 0.2) is 11.5 Å². The van der Waals surface area contributed by atoms with Gasteiger partial charge in [-0.25, -0.2) is 4.68 Å². The second kappa shape index (κ2) is 8.44. The van der Waals surface area contributed by atoms with Crippen LogP contribution in [0.4, 0.5) is 0 Å². The summed E-state index contributed by atoms with van der Waals surface area (Å²) in [5.41, 5.74) is 0.209. The molecule has 0 bridgehead atoms. The molecular formula is C22H23N3O5. The third-order valence-corrected chi connectivity index (χ3v) is 5.18. The van der Waals surface area contributed by atoms with E-state index in [0.29, 0.717) is 48.6 Å². The number of aryl methyl sites for hydroxylation is 1. The number of hydrogen-bond donors (Lipinski definition) is 1. The molecule has 2 heterocycles. The van der Waals surface area contributed by atoms with Crippen LogP contribution in [0.5, 0.6) is 11.5 Å². The first-order valence-electron chi connectivity index (χ1n) is 9.95. The molecule has 1 aliphatic heterocycles. The van der Waals surface area contributed by atoms with Crippen molar-refractivity contribution in [2.75, 3.05) is 19.8 Å². The summed E-state index contributed by atoms with van der Waals surface area (Å²) < 4.78 is 12.5. The SMILES string of the molecule is CCN(Cc1cccc2c1OCCO2)C(=O)CCn1[nH]c(=O)c2ccccc2c1=O. The van der Waals surface area contributed by atoms with Crippen molar-refractivity contribution in [2.24, 2.45) is 0 Å². The fourth-order valence-electron chi connectivity index (χ4n) is 3.61. The maximum Gasteiger partial charge on any atom is 0.273 e. The van der Waals surface area contributed by atoms with Crippen molar-refractivity contribution >= 4 is 16.7 Å². The van der Waals surface area contributed by atoms with Gasteiger partial charge in [-0.3, -0.25) is 19.5 Å². The molecule has 1 N–H and O–H groups in total. The lowest BCUT2D eigenvalue weighted by Crippen LogP contribution is -2.34. The zero-order valence-corrected chi connectivity index (χ0v) is 16.7. The summed E-state index contributed by atoms with van der Waals surface area (Å²) in [6.45, 7) is 3.86. The van der Waals surface area contributed by atoms with Gasteiger partial charge >= 0.3 is 0 Å². The van der Waals surface area contributed by atoms with Gasteiger partial charge in [0, 0.05) is 25.1 Å². The third kappa shape index (κ3) is 3.80. The lowest BCUT2D eigenvalue weighted by Gasteiger charge is -2.25. The highest BCUT2D eigenvalue weighted by Crippen LogP contribution is 2.34. The summed E-state index contributed by atoms with van der Waals surface area (Å²) in [4.78, 5) is 39.4. The molecule has 0 aliphatic carbocycles. The van der Waals surface area contributed by atoms with E-state index in [4.69, 9.17) is 9.47 Å². The Bertz CT molecular complexity index is 1200. The molecule has 156 valence electrons. The van der Waals surface area contributed by atoms with Crippen molar-refractivity contribution < 1.29 is 14.3 Å². The number of rotatable bonds is 6. The smallest absolute Gasteiger partial charge is 0.273 e. The first kappa shape index (κ1) is 19.8. The van der Waals surface area contributed by atoms with E-state index < -0.39 is 0 Å². The summed E-state index contributed by atoms with van der Waals surface area (Å²) in [6.07, 6.45) is 0.0917. The number of aromatic amines is 1. The number of ether oxygens (including phenoxy) is 2. The molecule has 2 aromatic carbocycles. The van der Waals surface area contributed by atoms with Gasteiger partial charge in [-0.1, -0.05) is 24.3 Å². The van der Waals surface area contributed by atoms with E-state index in [0.717, 1.165) is 5.56 Å². The first-order valence-corrected chi connectivity index (χ1v) is 9.95. The minimum atomic E-state index is -0.349. The molecular weight excluding hydrogens is 386 g/mol. The summed E-state index contributed by atoms with van der Waals surface area (Å²) in [5, 5.41) is 3.25. The molecule has 0 spiro atoms. The zero-order valence-electron chi connectivity index (χ0n) is 16.7. The number of amides is 1. The number of benzene rings is 2. The predicted octanol–water partition coefficient (Wildman–Crippen LogP) is 1.90. The molecule has 0 fully saturated rings. The fraction of sp³-hybridized carbons (Fsp3) is 0.318. The Kier molecular flexibility index (Phi) is 5.56. The molecule has 3 aromatic rings. The van der Waals surface area contributed by atoms with Gasteiger partial charge in [-0.2, -0.15) is 0 Å². The molecule has 0 saturated heterocycles. The monoisotopic (exact) mass is 409 g/mol. The number of aromatic nitrogens is 2. The second-order valence-electron chi connectivity index (χ2n) is 7.04. The summed E-state index contributed by atoms with van der Waals surface area (Å²) in [7, 11) is 0. The molecule has 0 saturated carbocycles. The molecule has 1 aromatic heterocycles. The normalized spacial score (nSPS) is 12.7. The average molecular weight is 409 g/mol. The summed E-state index contributed by atoms with van der Waals surface area (Å²) in [5.74, 6) is 1.24. The average Bonchev–Trinajstić information content (AvgIpc) is 2.78. The number of H-pyrrole nitrogens is 1. The maximum atomic E-state index is 12.8. The van der Waals surface area contributed by atoms with Crippen LogP contribution in [-0.4, -0.2) is 40.3 Å². The van der Waals surface area contributed by atoms with Gasteiger partial charge in [-0.05, 0) is 25.1 Å². The number of hydrogen-bond acceptors (Lipinski definition) is 5. The Hall–Kier alpha value is -3.55. The molecule has 0 radical (unpaired) electrons. The van der Waals surface area contributed by atoms with E-state index in [1.807, 2.05) is 25.1 Å². The van der Waals surface area contributed by atoms with Crippen LogP contribution in [0.2, 0.25) is 0 Å². The van der Waals surface area contributed by atoms with Crippen molar-refractivity contribution in [3.05, 3.63) is 68.7 Å². The van der Waals surface area contributed by atoms with Crippen LogP contribution in [0.3, 0.4) is 0 Å². The van der Waals surface area contributed by atoms with Crippen molar-refractivity contribution in [3.63, 3.8) is 0 Å². The van der Waals surface area contributed by atoms with Gasteiger partial charge in [0.05, 0.1) is 17.3 Å². The minimum Gasteiger partial charge on any atom is -0.486 e. The van der Waals surface area contributed by atoms with E-state index in [2.05, 4.69) is 5.10 Å². The van der Waals surface area contributed by atoms with E-state index in [-0.39, 0.29) is 30.0 Å². The summed E-state index contributed by atoms with van der Waals surface area (Å²) in [6, 6.07) is 12.3. The predicted molar refractivity (Wildman–Crippen MR) is 112 cm³/mol. The quantitative estimate of drug-likeness (QED) is 0.671. The molecule has 0 unspecified atom stereocenters. The molecule has 30 heavy (non-hydrogen) atoms. The van der Waals surface area contributed by atoms with E-state index in [1.54, 1.807) is 29.2 Å². The number of fused-ring (bicyclic) bond motifs is 2. The molecule has 4 rings (SSSR count). The van der Waals surface area contributed by atoms with E-state index in [1.165, 1.54) is 4.68 Å². The first-order chi connectivity index (χ1) is 14.6. The zero-order chi connectivity index (χ0) is 21.1. The number of nitrogens with one attached hydrogen (secondary N) is 1. The highest BCUT2D eigenvalue weighted by Gasteiger charge is 2.20. The second-order valence-corrected chi connectivity index (χ2v) is 7.04. The molecule has 0 atom stereocenters. The highest BCUT2D eigenvalue weighted by molar-refractivity contribution is 5.80. The number of nitrogens with zero attached hydrogens (tertiary/aromatic N) is 2. The van der Waals surface area contributed by atoms with Crippen LogP contribution in [0.15, 0.2) is 52.1 Å². The molecule has 8 heteroatoms. The standard InChI is InChI=1S/C22H23N3O5/c1-2-24(14-15-6-5-9-18-20(15)30-13-12-29-18)19(26)10-11-25-22(28)17-8-4-3-7-16(17)21(27)23-25/h3-9H,2,10-14H2,1H3,(H,23,27). The Morgan fingerprint density at radius 2 is 1.83 bits per heavy atom. The Balaban J connectivity index is 1.50. The van der Waals surface area contributed by atoms with Gasteiger partial charge in [0.25, 0.3) is 11.1 Å². The topological polar surface area (TPSA) is 93.6 Å². The van der Waals surface area contributed by atoms with Crippen molar-refractivity contribution in [2.45, 2.75) is 26.4 Å². The Labute approximate surface area is 172 Å². The third-order valence-electron chi connectivity index (χ3n) is 5.18. The number of para-hydroxylation sites is 1. The number of carbonyl (C=O) groups is 1. The molecule has 1 amide bonds. The van der Waals surface area contributed by atoms with Crippen LogP contribution in [0.1, 0.15) is 18.9 Å². The van der Waals surface area contributed by atoms with Crippen LogP contribution >= 0.6 is 0 Å². The van der Waals surface area contributed by atoms with E-state index >= 15 is 0 Å². The Morgan fingerprint density at radius 3 is 2.63 bits per heavy atom. The fourth-order valence-corrected chi connectivity index (χ4v) is 3.61. The largest absolute Gasteiger partial charge is 0.486 e. The summed E-state index contributed by atoms with van der Waals surface area (Å²) >= 11 is 0. The molecule has 1 aliphatic rings. The van der Waals surface area contributed by atoms with Crippen molar-refractivity contribution in [3.8, 4) is 11.5 Å². The lowest BCUT2D eigenvalue weighted by atomic mass is 10.1. The van der Waals surface area contributed by atoms with Crippen LogP contribution in [0, 0.1) is 0 Å². The van der Waals surface area contributed by atoms with Crippen LogP contribution < -0.4 is 20.6 Å². The minimum absolute atomic E-state index is 0.0917. The van der Waals surface area contributed by atoms with E-state index in [9.17, 15) is 14.4 Å². The van der Waals surface area contributed by atoms with Crippen molar-refractivity contribution in [1.82, 2.24) is 14.7 Å². The lowest BCUT2D eigenvalue weighted by molar-refractivity contribution is -0.131. The highest BCUT2D eigenvalue weighted by atomic mass is 16.6. The van der Waals surface area contributed by atoms with Crippen LogP contribution in [0.25, 0.3) is 10.8 Å². The van der Waals surface area contributed by atoms with Gasteiger partial charge < -0.3 is 14.4 Å². The van der Waals surface area contributed by atoms with Crippen LogP contribution in [-0.2, 0) is 17.9 Å². The maximum absolute atomic E-state index is 12.8. The van der Waals surface area contributed by atoms with Gasteiger partial charge in [-0.15, -0.1) is 0 Å². The van der Waals surface area contributed by atoms with Gasteiger partial charge in [0.1, 0.15) is 13.2 Å². The molecule has 8 nitrogen and oxygen atoms in total. The number of carbonyl (C=O) groups excluding carboxylic acids is 1. The Morgan fingerprint density at radius 1 is 1.07 bits per heavy atom.